The fraction of sp³-hybridized carbons (Fsp3) is 0.222. The van der Waals surface area contributed by atoms with E-state index in [1.54, 1.807) is 0 Å². The van der Waals surface area contributed by atoms with Gasteiger partial charge in [0, 0.05) is 5.02 Å². The Morgan fingerprint density at radius 1 is 1.29 bits per heavy atom. The fourth-order valence-corrected chi connectivity index (χ4v) is 3.76. The molecule has 1 aromatic heterocycles. The highest BCUT2D eigenvalue weighted by molar-refractivity contribution is 7.22. The van der Waals surface area contributed by atoms with Gasteiger partial charge in [-0.2, -0.15) is 0 Å². The number of carbonyl (C=O) groups is 1. The van der Waals surface area contributed by atoms with Crippen molar-refractivity contribution in [3.05, 3.63) is 52.5 Å². The largest absolute Gasteiger partial charge is 0.494 e. The van der Waals surface area contributed by atoms with Crippen molar-refractivity contribution in [2.75, 3.05) is 11.9 Å². The van der Waals surface area contributed by atoms with Crippen molar-refractivity contribution in [2.45, 2.75) is 20.3 Å². The van der Waals surface area contributed by atoms with Crippen LogP contribution in [0.25, 0.3) is 10.2 Å². The van der Waals surface area contributed by atoms with Crippen LogP contribution < -0.4 is 10.1 Å². The lowest BCUT2D eigenvalue weighted by Gasteiger charge is -2.05. The average Bonchev–Trinajstić information content (AvgIpc) is 2.92. The molecule has 3 aromatic rings. The van der Waals surface area contributed by atoms with Gasteiger partial charge in [-0.25, -0.2) is 4.98 Å². The van der Waals surface area contributed by atoms with Gasteiger partial charge >= 0.3 is 0 Å². The van der Waals surface area contributed by atoms with E-state index in [0.29, 0.717) is 23.2 Å². The predicted octanol–water partition coefficient (Wildman–Crippen LogP) is 4.84. The number of carbonyl (C=O) groups excluding carboxylic acids is 1. The van der Waals surface area contributed by atoms with Crippen LogP contribution in [0.2, 0.25) is 5.02 Å². The third kappa shape index (κ3) is 3.86. The number of hydrogen-bond acceptors (Lipinski definition) is 4. The minimum atomic E-state index is -0.0954. The Kier molecular flexibility index (Phi) is 5.02. The van der Waals surface area contributed by atoms with Crippen molar-refractivity contribution in [2.24, 2.45) is 0 Å². The van der Waals surface area contributed by atoms with Crippen LogP contribution in [0.15, 0.2) is 36.4 Å². The molecular weight excluding hydrogens is 344 g/mol. The number of nitrogens with zero attached hydrogens (tertiary/aromatic N) is 1. The van der Waals surface area contributed by atoms with E-state index in [1.807, 2.05) is 50.2 Å². The van der Waals surface area contributed by atoms with Gasteiger partial charge in [-0.15, -0.1) is 0 Å². The summed E-state index contributed by atoms with van der Waals surface area (Å²) in [6.45, 7) is 4.52. The molecule has 4 nitrogen and oxygen atoms in total. The van der Waals surface area contributed by atoms with Crippen molar-refractivity contribution in [1.29, 1.82) is 0 Å². The van der Waals surface area contributed by atoms with Crippen LogP contribution in [0, 0.1) is 6.92 Å². The summed E-state index contributed by atoms with van der Waals surface area (Å²) in [4.78, 5) is 16.7. The first-order valence-corrected chi connectivity index (χ1v) is 8.83. The number of hydrogen-bond donors (Lipinski definition) is 1. The molecule has 1 amide bonds. The fourth-order valence-electron chi connectivity index (χ4n) is 2.43. The summed E-state index contributed by atoms with van der Waals surface area (Å²) in [5.41, 5.74) is 2.80. The first-order chi connectivity index (χ1) is 11.5. The van der Waals surface area contributed by atoms with Crippen LogP contribution in [-0.2, 0) is 11.2 Å². The molecule has 0 bridgehead atoms. The molecule has 0 spiro atoms. The second-order valence-corrected chi connectivity index (χ2v) is 6.86. The lowest BCUT2D eigenvalue weighted by Crippen LogP contribution is -2.14. The molecule has 0 aliphatic carbocycles. The molecule has 6 heteroatoms. The predicted molar refractivity (Wildman–Crippen MR) is 99.3 cm³/mol. The maximum Gasteiger partial charge on any atom is 0.230 e. The number of ether oxygens (including phenoxy) is 1. The molecule has 24 heavy (non-hydrogen) atoms. The number of thiazole rings is 1. The number of aryl methyl sites for hydroxylation is 1. The van der Waals surface area contributed by atoms with E-state index >= 15 is 0 Å². The van der Waals surface area contributed by atoms with Gasteiger partial charge in [0.2, 0.25) is 5.91 Å². The maximum atomic E-state index is 12.2. The minimum absolute atomic E-state index is 0.0954. The van der Waals surface area contributed by atoms with Gasteiger partial charge in [0.25, 0.3) is 0 Å². The summed E-state index contributed by atoms with van der Waals surface area (Å²) >= 11 is 7.49. The van der Waals surface area contributed by atoms with E-state index in [0.717, 1.165) is 27.1 Å². The third-order valence-electron chi connectivity index (χ3n) is 3.50. The van der Waals surface area contributed by atoms with Gasteiger partial charge in [-0.05, 0) is 49.2 Å². The van der Waals surface area contributed by atoms with Gasteiger partial charge in [0.05, 0.1) is 23.2 Å². The summed E-state index contributed by atoms with van der Waals surface area (Å²) in [6.07, 6.45) is 0.294. The smallest absolute Gasteiger partial charge is 0.230 e. The first kappa shape index (κ1) is 16.7. The van der Waals surface area contributed by atoms with Gasteiger partial charge in [0.15, 0.2) is 5.13 Å². The van der Waals surface area contributed by atoms with Crippen molar-refractivity contribution < 1.29 is 9.53 Å². The zero-order chi connectivity index (χ0) is 17.1. The zero-order valence-electron chi connectivity index (χ0n) is 13.4. The van der Waals surface area contributed by atoms with E-state index in [2.05, 4.69) is 10.3 Å². The van der Waals surface area contributed by atoms with Crippen LogP contribution in [0.5, 0.6) is 5.75 Å². The van der Waals surface area contributed by atoms with Crippen molar-refractivity contribution >= 4 is 44.2 Å². The highest BCUT2D eigenvalue weighted by Crippen LogP contribution is 2.31. The number of nitrogens with one attached hydrogen (secondary N) is 1. The molecule has 0 saturated heterocycles. The SMILES string of the molecule is CCOc1ccc(CC(=O)Nc2nc3c(C)cc(Cl)cc3s2)cc1. The van der Waals surface area contributed by atoms with Crippen LogP contribution in [-0.4, -0.2) is 17.5 Å². The Hall–Kier alpha value is -2.11. The van der Waals surface area contributed by atoms with Crippen molar-refractivity contribution in [3.63, 3.8) is 0 Å². The number of benzene rings is 2. The molecule has 1 N–H and O–H groups in total. The number of anilines is 1. The van der Waals surface area contributed by atoms with Gasteiger partial charge in [-0.1, -0.05) is 35.1 Å². The summed E-state index contributed by atoms with van der Waals surface area (Å²) in [5.74, 6) is 0.710. The monoisotopic (exact) mass is 360 g/mol. The normalized spacial score (nSPS) is 10.8. The molecule has 2 aromatic carbocycles. The number of aromatic nitrogens is 1. The standard InChI is InChI=1S/C18H17ClN2O2S/c1-3-23-14-6-4-12(5-7-14)9-16(22)20-18-21-17-11(2)8-13(19)10-15(17)24-18/h4-8,10H,3,9H2,1-2H3,(H,20,21,22). The van der Waals surface area contributed by atoms with Crippen LogP contribution >= 0.6 is 22.9 Å². The van der Waals surface area contributed by atoms with E-state index in [4.69, 9.17) is 16.3 Å². The van der Waals surface area contributed by atoms with E-state index in [9.17, 15) is 4.79 Å². The second kappa shape index (κ2) is 7.20. The van der Waals surface area contributed by atoms with E-state index in [1.165, 1.54) is 11.3 Å². The highest BCUT2D eigenvalue weighted by Gasteiger charge is 2.11. The summed E-state index contributed by atoms with van der Waals surface area (Å²) in [5, 5.41) is 4.13. The van der Waals surface area contributed by atoms with Crippen molar-refractivity contribution in [3.8, 4) is 5.75 Å². The van der Waals surface area contributed by atoms with E-state index in [-0.39, 0.29) is 5.91 Å². The molecule has 1 heterocycles. The third-order valence-corrected chi connectivity index (χ3v) is 4.63. The van der Waals surface area contributed by atoms with Gasteiger partial charge in [-0.3, -0.25) is 4.79 Å². The Morgan fingerprint density at radius 2 is 2.04 bits per heavy atom. The molecule has 0 radical (unpaired) electrons. The molecular formula is C18H17ClN2O2S. The first-order valence-electron chi connectivity index (χ1n) is 7.63. The Morgan fingerprint density at radius 3 is 2.75 bits per heavy atom. The Labute approximate surface area is 149 Å². The highest BCUT2D eigenvalue weighted by atomic mass is 35.5. The van der Waals surface area contributed by atoms with E-state index < -0.39 is 0 Å². The Balaban J connectivity index is 1.69. The number of amides is 1. The van der Waals surface area contributed by atoms with Gasteiger partial charge in [0.1, 0.15) is 5.75 Å². The second-order valence-electron chi connectivity index (χ2n) is 5.39. The summed E-state index contributed by atoms with van der Waals surface area (Å²) in [7, 11) is 0. The average molecular weight is 361 g/mol. The summed E-state index contributed by atoms with van der Waals surface area (Å²) < 4.78 is 6.37. The molecule has 3 rings (SSSR count). The lowest BCUT2D eigenvalue weighted by molar-refractivity contribution is -0.115. The molecule has 0 aliphatic heterocycles. The lowest BCUT2D eigenvalue weighted by atomic mass is 10.1. The minimum Gasteiger partial charge on any atom is -0.494 e. The number of rotatable bonds is 5. The molecule has 0 unspecified atom stereocenters. The quantitative estimate of drug-likeness (QED) is 0.708. The molecule has 0 fully saturated rings. The van der Waals surface area contributed by atoms with Crippen LogP contribution in [0.1, 0.15) is 18.1 Å². The molecule has 124 valence electrons. The molecule has 0 atom stereocenters. The van der Waals surface area contributed by atoms with Crippen LogP contribution in [0.3, 0.4) is 0 Å². The van der Waals surface area contributed by atoms with Crippen LogP contribution in [0.4, 0.5) is 5.13 Å². The maximum absolute atomic E-state index is 12.2. The molecule has 0 saturated carbocycles. The topological polar surface area (TPSA) is 51.2 Å². The zero-order valence-corrected chi connectivity index (χ0v) is 15.0. The Bertz CT molecular complexity index is 875. The number of halogens is 1. The van der Waals surface area contributed by atoms with Gasteiger partial charge < -0.3 is 10.1 Å². The molecule has 0 aliphatic rings. The number of fused-ring (bicyclic) bond motifs is 1. The summed E-state index contributed by atoms with van der Waals surface area (Å²) in [6, 6.07) is 11.3. The van der Waals surface area contributed by atoms with Crippen molar-refractivity contribution in [1.82, 2.24) is 4.98 Å².